The fraction of sp³-hybridized carbons (Fsp3) is 0.333. The van der Waals surface area contributed by atoms with E-state index in [4.69, 9.17) is 5.26 Å². The van der Waals surface area contributed by atoms with Gasteiger partial charge in [0.1, 0.15) is 11.6 Å². The summed E-state index contributed by atoms with van der Waals surface area (Å²) in [5, 5.41) is 8.93. The lowest BCUT2D eigenvalue weighted by atomic mass is 9.92. The molecule has 0 saturated heterocycles. The van der Waals surface area contributed by atoms with E-state index in [1.165, 1.54) is 19.1 Å². The molecule has 2 nitrogen and oxygen atoms in total. The van der Waals surface area contributed by atoms with Crippen molar-refractivity contribution in [1.82, 2.24) is 0 Å². The number of hydrogen-bond donors (Lipinski definition) is 0. The summed E-state index contributed by atoms with van der Waals surface area (Å²) in [6, 6.07) is 6.32. The number of aryl methyl sites for hydroxylation is 1. The van der Waals surface area contributed by atoms with E-state index in [2.05, 4.69) is 6.07 Å². The van der Waals surface area contributed by atoms with E-state index in [9.17, 15) is 9.18 Å². The second-order valence-corrected chi connectivity index (χ2v) is 3.59. The van der Waals surface area contributed by atoms with E-state index in [0.29, 0.717) is 5.56 Å². The largest absolute Gasteiger partial charge is 0.300 e. The molecule has 1 unspecified atom stereocenters. The van der Waals surface area contributed by atoms with Gasteiger partial charge in [0.05, 0.1) is 12.0 Å². The third-order valence-corrected chi connectivity index (χ3v) is 2.25. The van der Waals surface area contributed by atoms with E-state index >= 15 is 0 Å². The van der Waals surface area contributed by atoms with Crippen LogP contribution >= 0.6 is 0 Å². The maximum atomic E-state index is 12.8. The summed E-state index contributed by atoms with van der Waals surface area (Å²) in [5.41, 5.74) is 1.44. The van der Waals surface area contributed by atoms with Crippen LogP contribution in [0.4, 0.5) is 4.39 Å². The smallest absolute Gasteiger partial charge is 0.131 e. The highest BCUT2D eigenvalue weighted by molar-refractivity contribution is 5.77. The van der Waals surface area contributed by atoms with Crippen molar-refractivity contribution in [2.75, 3.05) is 0 Å². The van der Waals surface area contributed by atoms with Crippen LogP contribution < -0.4 is 0 Å². The molecule has 0 aliphatic carbocycles. The molecule has 0 amide bonds. The summed E-state index contributed by atoms with van der Waals surface area (Å²) < 4.78 is 12.8. The molecule has 0 aliphatic rings. The van der Waals surface area contributed by atoms with Crippen molar-refractivity contribution < 1.29 is 9.18 Å². The molecule has 1 aromatic rings. The average Bonchev–Trinajstić information content (AvgIpc) is 2.14. The molecule has 1 atom stereocenters. The molecule has 0 fully saturated rings. The van der Waals surface area contributed by atoms with Crippen LogP contribution in [0.3, 0.4) is 0 Å². The summed E-state index contributed by atoms with van der Waals surface area (Å²) in [6.07, 6.45) is 0.184. The van der Waals surface area contributed by atoms with Gasteiger partial charge in [0, 0.05) is 6.42 Å². The topological polar surface area (TPSA) is 40.9 Å². The lowest BCUT2D eigenvalue weighted by Crippen LogP contribution is -2.04. The summed E-state index contributed by atoms with van der Waals surface area (Å²) in [6.45, 7) is 3.19. The van der Waals surface area contributed by atoms with Gasteiger partial charge in [-0.1, -0.05) is 6.07 Å². The molecular formula is C12H12FNO. The summed E-state index contributed by atoms with van der Waals surface area (Å²) in [7, 11) is 0. The van der Waals surface area contributed by atoms with E-state index in [0.717, 1.165) is 5.56 Å². The quantitative estimate of drug-likeness (QED) is 0.761. The van der Waals surface area contributed by atoms with Crippen molar-refractivity contribution in [3.63, 3.8) is 0 Å². The molecule has 0 bridgehead atoms. The number of rotatable bonds is 3. The highest BCUT2D eigenvalue weighted by atomic mass is 19.1. The second kappa shape index (κ2) is 4.70. The molecule has 15 heavy (non-hydrogen) atoms. The Bertz CT molecular complexity index is 420. The Kier molecular flexibility index (Phi) is 3.56. The van der Waals surface area contributed by atoms with E-state index < -0.39 is 5.92 Å². The molecule has 0 spiro atoms. The normalized spacial score (nSPS) is 11.9. The third-order valence-electron chi connectivity index (χ3n) is 2.25. The van der Waals surface area contributed by atoms with E-state index in [-0.39, 0.29) is 18.0 Å². The zero-order valence-electron chi connectivity index (χ0n) is 8.75. The van der Waals surface area contributed by atoms with Crippen molar-refractivity contribution in [3.8, 4) is 6.07 Å². The van der Waals surface area contributed by atoms with Gasteiger partial charge >= 0.3 is 0 Å². The first kappa shape index (κ1) is 11.4. The maximum absolute atomic E-state index is 12.8. The Labute approximate surface area is 88.3 Å². The Morgan fingerprint density at radius 2 is 2.27 bits per heavy atom. The predicted octanol–water partition coefficient (Wildman–Crippen LogP) is 2.72. The lowest BCUT2D eigenvalue weighted by Gasteiger charge is -2.10. The fourth-order valence-corrected chi connectivity index (χ4v) is 1.54. The first-order valence-corrected chi connectivity index (χ1v) is 4.69. The number of nitrogens with zero attached hydrogens (tertiary/aromatic N) is 1. The van der Waals surface area contributed by atoms with Crippen LogP contribution in [0.1, 0.15) is 30.4 Å². The summed E-state index contributed by atoms with van der Waals surface area (Å²) in [5.74, 6) is -0.830. The minimum atomic E-state index is -0.469. The molecule has 0 saturated carbocycles. The summed E-state index contributed by atoms with van der Waals surface area (Å²) in [4.78, 5) is 10.9. The zero-order valence-corrected chi connectivity index (χ0v) is 8.75. The van der Waals surface area contributed by atoms with Gasteiger partial charge in [0.2, 0.25) is 0 Å². The molecule has 78 valence electrons. The molecule has 0 N–H and O–H groups in total. The molecule has 0 heterocycles. The molecule has 0 radical (unpaired) electrons. The Morgan fingerprint density at radius 1 is 1.60 bits per heavy atom. The van der Waals surface area contributed by atoms with Crippen LogP contribution in [0, 0.1) is 24.1 Å². The monoisotopic (exact) mass is 205 g/mol. The molecule has 0 aromatic heterocycles. The van der Waals surface area contributed by atoms with Gasteiger partial charge < -0.3 is 0 Å². The fourth-order valence-electron chi connectivity index (χ4n) is 1.54. The number of halogens is 1. The van der Waals surface area contributed by atoms with Crippen LogP contribution in [0.2, 0.25) is 0 Å². The number of hydrogen-bond acceptors (Lipinski definition) is 2. The van der Waals surface area contributed by atoms with Gasteiger partial charge in [-0.2, -0.15) is 5.26 Å². The van der Waals surface area contributed by atoms with E-state index in [1.807, 2.05) is 0 Å². The van der Waals surface area contributed by atoms with Crippen LogP contribution in [0.25, 0.3) is 0 Å². The minimum Gasteiger partial charge on any atom is -0.300 e. The van der Waals surface area contributed by atoms with Crippen molar-refractivity contribution in [2.45, 2.75) is 26.2 Å². The van der Waals surface area contributed by atoms with Crippen LogP contribution in [-0.2, 0) is 4.79 Å². The van der Waals surface area contributed by atoms with Gasteiger partial charge in [0.15, 0.2) is 0 Å². The van der Waals surface area contributed by atoms with Crippen molar-refractivity contribution in [1.29, 1.82) is 5.26 Å². The van der Waals surface area contributed by atoms with E-state index in [1.54, 1.807) is 13.0 Å². The van der Waals surface area contributed by atoms with Gasteiger partial charge in [-0.3, -0.25) is 4.79 Å². The Hall–Kier alpha value is -1.69. The number of nitriles is 1. The number of carbonyl (C=O) groups excluding carboxylic acids is 1. The second-order valence-electron chi connectivity index (χ2n) is 3.59. The maximum Gasteiger partial charge on any atom is 0.131 e. The van der Waals surface area contributed by atoms with Crippen LogP contribution in [0.5, 0.6) is 0 Å². The van der Waals surface area contributed by atoms with Crippen molar-refractivity contribution >= 4 is 5.78 Å². The predicted molar refractivity (Wildman–Crippen MR) is 54.8 cm³/mol. The zero-order chi connectivity index (χ0) is 11.4. The standard InChI is InChI=1S/C12H12FNO/c1-8-5-11(13)3-4-12(8)10(7-14)6-9(2)15/h3-5,10H,6H2,1-2H3. The van der Waals surface area contributed by atoms with Gasteiger partial charge in [-0.05, 0) is 37.1 Å². The van der Waals surface area contributed by atoms with Crippen LogP contribution in [-0.4, -0.2) is 5.78 Å². The Morgan fingerprint density at radius 3 is 2.73 bits per heavy atom. The first-order valence-electron chi connectivity index (χ1n) is 4.69. The lowest BCUT2D eigenvalue weighted by molar-refractivity contribution is -0.117. The van der Waals surface area contributed by atoms with Crippen LogP contribution in [0.15, 0.2) is 18.2 Å². The Balaban J connectivity index is 3.03. The molecule has 0 aliphatic heterocycles. The third kappa shape index (κ3) is 2.88. The number of ketones is 1. The molecule has 1 rings (SSSR count). The number of Topliss-reactive ketones (excluding diaryl/α,β-unsaturated/α-hetero) is 1. The molecule has 1 aromatic carbocycles. The van der Waals surface area contributed by atoms with Crippen molar-refractivity contribution in [3.05, 3.63) is 35.1 Å². The number of carbonyl (C=O) groups is 1. The minimum absolute atomic E-state index is 0.0368. The average molecular weight is 205 g/mol. The molecular weight excluding hydrogens is 193 g/mol. The highest BCUT2D eigenvalue weighted by Crippen LogP contribution is 2.23. The summed E-state index contributed by atoms with van der Waals surface area (Å²) >= 11 is 0. The SMILES string of the molecule is CC(=O)CC(C#N)c1ccc(F)cc1C. The van der Waals surface area contributed by atoms with Crippen molar-refractivity contribution in [2.24, 2.45) is 0 Å². The number of benzene rings is 1. The molecule has 3 heteroatoms. The first-order chi connectivity index (χ1) is 7.04. The highest BCUT2D eigenvalue weighted by Gasteiger charge is 2.15. The van der Waals surface area contributed by atoms with Gasteiger partial charge in [-0.25, -0.2) is 4.39 Å². The van der Waals surface area contributed by atoms with Gasteiger partial charge in [-0.15, -0.1) is 0 Å². The van der Waals surface area contributed by atoms with Gasteiger partial charge in [0.25, 0.3) is 0 Å².